The van der Waals surface area contributed by atoms with Crippen molar-refractivity contribution in [1.29, 1.82) is 0 Å². The molecule has 1 rings (SSSR count). The summed E-state index contributed by atoms with van der Waals surface area (Å²) in [6, 6.07) is 4.91. The van der Waals surface area contributed by atoms with Gasteiger partial charge in [0.05, 0.1) is 5.02 Å². The summed E-state index contributed by atoms with van der Waals surface area (Å²) in [6.07, 6.45) is 0. The van der Waals surface area contributed by atoms with E-state index in [2.05, 4.69) is 5.10 Å². The van der Waals surface area contributed by atoms with E-state index in [1.54, 1.807) is 18.2 Å². The highest BCUT2D eigenvalue weighted by atomic mass is 35.5. The Balaban J connectivity index is 3.18. The number of hydrogen-bond donors (Lipinski definition) is 2. The van der Waals surface area contributed by atoms with E-state index in [1.165, 1.54) is 0 Å². The molecule has 64 valence electrons. The molecule has 0 aliphatic rings. The Hall–Kier alpha value is -0.930. The summed E-state index contributed by atoms with van der Waals surface area (Å²) >= 11 is 11.5. The van der Waals surface area contributed by atoms with E-state index in [9.17, 15) is 0 Å². The molecule has 0 unspecified atom stereocenters. The minimum absolute atomic E-state index is 0.191. The van der Waals surface area contributed by atoms with Gasteiger partial charge in [0.25, 0.3) is 0 Å². The van der Waals surface area contributed by atoms with Crippen LogP contribution in [0.4, 0.5) is 0 Å². The summed E-state index contributed by atoms with van der Waals surface area (Å²) in [5, 5.41) is 4.30. The lowest BCUT2D eigenvalue weighted by Crippen LogP contribution is -2.15. The first-order valence-electron chi connectivity index (χ1n) is 3.14. The first kappa shape index (κ1) is 9.16. The van der Waals surface area contributed by atoms with Gasteiger partial charge in [-0.2, -0.15) is 5.10 Å². The summed E-state index contributed by atoms with van der Waals surface area (Å²) in [7, 11) is 0. The molecule has 0 radical (unpaired) electrons. The summed E-state index contributed by atoms with van der Waals surface area (Å²) in [5.41, 5.74) is 6.03. The number of hydrogen-bond acceptors (Lipinski definition) is 2. The molecule has 0 amide bonds. The van der Waals surface area contributed by atoms with E-state index in [0.29, 0.717) is 15.6 Å². The van der Waals surface area contributed by atoms with Gasteiger partial charge in [-0.15, -0.1) is 0 Å². The second-order valence-corrected chi connectivity index (χ2v) is 2.98. The van der Waals surface area contributed by atoms with E-state index in [4.69, 9.17) is 34.8 Å². The van der Waals surface area contributed by atoms with Crippen LogP contribution in [-0.2, 0) is 0 Å². The van der Waals surface area contributed by atoms with Crippen molar-refractivity contribution < 1.29 is 0 Å². The van der Waals surface area contributed by atoms with Crippen LogP contribution in [0.15, 0.2) is 23.3 Å². The normalized spacial score (nSPS) is 11.7. The third kappa shape index (κ3) is 1.81. The number of nitrogens with two attached hydrogens (primary N) is 2. The molecule has 1 aromatic rings. The van der Waals surface area contributed by atoms with Crippen LogP contribution in [0.25, 0.3) is 0 Å². The van der Waals surface area contributed by atoms with Crippen molar-refractivity contribution in [2.24, 2.45) is 16.7 Å². The van der Waals surface area contributed by atoms with Crippen LogP contribution < -0.4 is 11.6 Å². The predicted molar refractivity (Wildman–Crippen MR) is 51.4 cm³/mol. The van der Waals surface area contributed by atoms with Gasteiger partial charge in [-0.25, -0.2) is 0 Å². The van der Waals surface area contributed by atoms with Gasteiger partial charge in [-0.3, -0.25) is 0 Å². The minimum atomic E-state index is 0.191. The van der Waals surface area contributed by atoms with E-state index < -0.39 is 0 Å². The maximum atomic E-state index is 5.80. The number of benzene rings is 1. The van der Waals surface area contributed by atoms with Crippen molar-refractivity contribution >= 4 is 29.0 Å². The predicted octanol–water partition coefficient (Wildman–Crippen LogP) is 1.57. The number of rotatable bonds is 1. The van der Waals surface area contributed by atoms with Gasteiger partial charge >= 0.3 is 0 Å². The zero-order valence-electron chi connectivity index (χ0n) is 6.09. The van der Waals surface area contributed by atoms with E-state index in [1.807, 2.05) is 0 Å². The zero-order chi connectivity index (χ0) is 9.14. The smallest absolute Gasteiger partial charge is 0.151 e. The quantitative estimate of drug-likeness (QED) is 0.315. The van der Waals surface area contributed by atoms with Gasteiger partial charge in [0.2, 0.25) is 0 Å². The average molecular weight is 204 g/mol. The molecule has 12 heavy (non-hydrogen) atoms. The largest absolute Gasteiger partial charge is 0.382 e. The van der Waals surface area contributed by atoms with Crippen molar-refractivity contribution in [3.05, 3.63) is 33.8 Å². The van der Waals surface area contributed by atoms with Crippen molar-refractivity contribution in [3.63, 3.8) is 0 Å². The SMILES string of the molecule is NN=C(N)c1ccc(Cl)cc1Cl. The summed E-state index contributed by atoms with van der Waals surface area (Å²) in [6.45, 7) is 0. The Morgan fingerprint density at radius 1 is 1.33 bits per heavy atom. The highest BCUT2D eigenvalue weighted by Crippen LogP contribution is 2.20. The summed E-state index contributed by atoms with van der Waals surface area (Å²) in [4.78, 5) is 0. The van der Waals surface area contributed by atoms with Crippen LogP contribution in [0.5, 0.6) is 0 Å². The standard InChI is InChI=1S/C7H7Cl2N3/c8-4-1-2-5(6(9)3-4)7(10)12-11/h1-3H,11H2,(H2,10,12). The third-order valence-electron chi connectivity index (χ3n) is 1.35. The Kier molecular flexibility index (Phi) is 2.78. The molecule has 0 fully saturated rings. The fourth-order valence-electron chi connectivity index (χ4n) is 0.767. The van der Waals surface area contributed by atoms with Gasteiger partial charge in [-0.1, -0.05) is 23.2 Å². The number of nitrogens with zero attached hydrogens (tertiary/aromatic N) is 1. The van der Waals surface area contributed by atoms with Crippen LogP contribution >= 0.6 is 23.2 Å². The Morgan fingerprint density at radius 2 is 2.00 bits per heavy atom. The second kappa shape index (κ2) is 3.65. The minimum Gasteiger partial charge on any atom is -0.382 e. The third-order valence-corrected chi connectivity index (χ3v) is 1.89. The molecule has 0 atom stereocenters. The molecular weight excluding hydrogens is 197 g/mol. The molecular formula is C7H7Cl2N3. The van der Waals surface area contributed by atoms with Crippen molar-refractivity contribution in [2.45, 2.75) is 0 Å². The molecule has 0 aromatic heterocycles. The van der Waals surface area contributed by atoms with Gasteiger partial charge in [-0.05, 0) is 18.2 Å². The summed E-state index contributed by atoms with van der Waals surface area (Å²) in [5.74, 6) is 5.17. The van der Waals surface area contributed by atoms with Crippen molar-refractivity contribution in [2.75, 3.05) is 0 Å². The maximum Gasteiger partial charge on any atom is 0.151 e. The molecule has 0 spiro atoms. The lowest BCUT2D eigenvalue weighted by Gasteiger charge is -2.01. The highest BCUT2D eigenvalue weighted by Gasteiger charge is 2.03. The first-order chi connectivity index (χ1) is 5.65. The van der Waals surface area contributed by atoms with Crippen LogP contribution in [-0.4, -0.2) is 5.84 Å². The average Bonchev–Trinajstić information content (AvgIpc) is 2.03. The number of halogens is 2. The molecule has 0 aliphatic heterocycles. The highest BCUT2D eigenvalue weighted by molar-refractivity contribution is 6.36. The molecule has 1 aromatic carbocycles. The van der Waals surface area contributed by atoms with E-state index in [-0.39, 0.29) is 5.84 Å². The lowest BCUT2D eigenvalue weighted by molar-refractivity contribution is 1.23. The molecule has 0 saturated heterocycles. The van der Waals surface area contributed by atoms with Crippen molar-refractivity contribution in [3.8, 4) is 0 Å². The molecule has 0 saturated carbocycles. The van der Waals surface area contributed by atoms with Gasteiger partial charge in [0.1, 0.15) is 0 Å². The second-order valence-electron chi connectivity index (χ2n) is 2.14. The molecule has 0 aliphatic carbocycles. The van der Waals surface area contributed by atoms with E-state index >= 15 is 0 Å². The van der Waals surface area contributed by atoms with Crippen LogP contribution in [0.3, 0.4) is 0 Å². The maximum absolute atomic E-state index is 5.80. The topological polar surface area (TPSA) is 64.4 Å². The van der Waals surface area contributed by atoms with Crippen LogP contribution in [0.2, 0.25) is 10.0 Å². The van der Waals surface area contributed by atoms with Gasteiger partial charge in [0.15, 0.2) is 5.84 Å². The number of amidine groups is 1. The fraction of sp³-hybridized carbons (Fsp3) is 0. The Morgan fingerprint density at radius 3 is 2.50 bits per heavy atom. The fourth-order valence-corrected chi connectivity index (χ4v) is 1.27. The van der Waals surface area contributed by atoms with Gasteiger partial charge < -0.3 is 11.6 Å². The molecule has 4 N–H and O–H groups in total. The number of hydrazone groups is 1. The monoisotopic (exact) mass is 203 g/mol. The Labute approximate surface area is 79.9 Å². The zero-order valence-corrected chi connectivity index (χ0v) is 7.60. The molecule has 3 nitrogen and oxygen atoms in total. The van der Waals surface area contributed by atoms with Crippen LogP contribution in [0, 0.1) is 0 Å². The van der Waals surface area contributed by atoms with Gasteiger partial charge in [0, 0.05) is 10.6 Å². The summed E-state index contributed by atoms with van der Waals surface area (Å²) < 4.78 is 0. The van der Waals surface area contributed by atoms with Crippen LogP contribution in [0.1, 0.15) is 5.56 Å². The first-order valence-corrected chi connectivity index (χ1v) is 3.89. The molecule has 0 bridgehead atoms. The molecule has 5 heteroatoms. The van der Waals surface area contributed by atoms with E-state index in [0.717, 1.165) is 0 Å². The lowest BCUT2D eigenvalue weighted by atomic mass is 10.2. The molecule has 0 heterocycles. The Bertz CT molecular complexity index is 322. The van der Waals surface area contributed by atoms with Crippen molar-refractivity contribution in [1.82, 2.24) is 0 Å².